The highest BCUT2D eigenvalue weighted by Crippen LogP contribution is 2.15. The molecule has 9 heteroatoms. The van der Waals surface area contributed by atoms with Gasteiger partial charge in [0.2, 0.25) is 0 Å². The number of aromatic nitrogens is 3. The summed E-state index contributed by atoms with van der Waals surface area (Å²) in [6.07, 6.45) is 2.31. The Bertz CT molecular complexity index is 852. The first kappa shape index (κ1) is 23.0. The second kappa shape index (κ2) is 11.1. The molecular weight excluding hydrogens is 397 g/mol. The molecule has 2 N–H and O–H groups in total. The van der Waals surface area contributed by atoms with Gasteiger partial charge in [0.25, 0.3) is 0 Å². The lowest BCUT2D eigenvalue weighted by Crippen LogP contribution is -2.46. The highest BCUT2D eigenvalue weighted by Gasteiger charge is 2.23. The summed E-state index contributed by atoms with van der Waals surface area (Å²) in [4.78, 5) is 7.21. The highest BCUT2D eigenvalue weighted by atomic mass is 19.1. The third-order valence-corrected chi connectivity index (χ3v) is 5.68. The number of rotatable bonds is 9. The second-order valence-corrected chi connectivity index (χ2v) is 7.96. The van der Waals surface area contributed by atoms with Crippen molar-refractivity contribution in [2.75, 3.05) is 26.2 Å². The van der Waals surface area contributed by atoms with Crippen molar-refractivity contribution in [3.05, 3.63) is 41.7 Å². The van der Waals surface area contributed by atoms with E-state index >= 15 is 0 Å². The van der Waals surface area contributed by atoms with Gasteiger partial charge < -0.3 is 19.9 Å². The molecule has 0 bridgehead atoms. The van der Waals surface area contributed by atoms with Crippen LogP contribution in [-0.2, 0) is 13.6 Å². The molecule has 170 valence electrons. The van der Waals surface area contributed by atoms with Crippen LogP contribution in [-0.4, -0.2) is 63.9 Å². The van der Waals surface area contributed by atoms with Crippen LogP contribution in [0.4, 0.5) is 4.39 Å². The number of guanidine groups is 1. The van der Waals surface area contributed by atoms with Crippen LogP contribution in [0.15, 0.2) is 29.3 Å². The monoisotopic (exact) mass is 431 g/mol. The maximum Gasteiger partial charge on any atom is 0.191 e. The molecule has 0 spiro atoms. The van der Waals surface area contributed by atoms with Crippen LogP contribution in [0.5, 0.6) is 5.75 Å². The molecule has 0 radical (unpaired) electrons. The van der Waals surface area contributed by atoms with Crippen LogP contribution >= 0.6 is 0 Å². The number of likely N-dealkylation sites (N-methyl/N-ethyl adjacent to an activating group) is 1. The van der Waals surface area contributed by atoms with Crippen molar-refractivity contribution in [2.24, 2.45) is 12.0 Å². The van der Waals surface area contributed by atoms with Crippen LogP contribution in [0.2, 0.25) is 0 Å². The number of hydrogen-bond donors (Lipinski definition) is 2. The van der Waals surface area contributed by atoms with Crippen molar-refractivity contribution in [2.45, 2.75) is 52.3 Å². The molecule has 1 fully saturated rings. The molecule has 0 amide bonds. The number of nitrogens with one attached hydrogen (secondary N) is 2. The Hall–Kier alpha value is -2.68. The van der Waals surface area contributed by atoms with Crippen LogP contribution in [0.3, 0.4) is 0 Å². The number of halogens is 1. The zero-order valence-electron chi connectivity index (χ0n) is 18.9. The summed E-state index contributed by atoms with van der Waals surface area (Å²) in [5, 5.41) is 15.1. The number of benzene rings is 1. The van der Waals surface area contributed by atoms with E-state index in [4.69, 9.17) is 9.73 Å². The smallest absolute Gasteiger partial charge is 0.191 e. The zero-order chi connectivity index (χ0) is 22.2. The molecule has 1 aromatic carbocycles. The van der Waals surface area contributed by atoms with Crippen LogP contribution in [0, 0.1) is 12.7 Å². The minimum Gasteiger partial charge on any atom is -0.489 e. The summed E-state index contributed by atoms with van der Waals surface area (Å²) in [7, 11) is 1.94. The second-order valence-electron chi connectivity index (χ2n) is 7.96. The Balaban J connectivity index is 1.59. The Morgan fingerprint density at radius 3 is 2.74 bits per heavy atom. The fraction of sp³-hybridized carbons (Fsp3) is 0.591. The molecule has 1 saturated heterocycles. The van der Waals surface area contributed by atoms with Gasteiger partial charge in [0, 0.05) is 19.6 Å². The summed E-state index contributed by atoms with van der Waals surface area (Å²) < 4.78 is 20.9. The van der Waals surface area contributed by atoms with Crippen LogP contribution in [0.1, 0.15) is 38.3 Å². The maximum atomic E-state index is 13.1. The first-order chi connectivity index (χ1) is 15.0. The molecule has 1 aromatic heterocycles. The van der Waals surface area contributed by atoms with E-state index in [0.29, 0.717) is 24.9 Å². The van der Waals surface area contributed by atoms with Gasteiger partial charge in [-0.3, -0.25) is 4.90 Å². The van der Waals surface area contributed by atoms with E-state index < -0.39 is 0 Å². The van der Waals surface area contributed by atoms with Gasteiger partial charge in [0.05, 0.1) is 6.54 Å². The van der Waals surface area contributed by atoms with Crippen LogP contribution in [0.25, 0.3) is 0 Å². The Morgan fingerprint density at radius 2 is 2.06 bits per heavy atom. The van der Waals surface area contributed by atoms with Crippen molar-refractivity contribution in [1.29, 1.82) is 0 Å². The number of aliphatic imine (C=N–C) groups is 1. The topological polar surface area (TPSA) is 79.6 Å². The van der Waals surface area contributed by atoms with Gasteiger partial charge in [-0.1, -0.05) is 6.92 Å². The normalized spacial score (nSPS) is 18.2. The summed E-state index contributed by atoms with van der Waals surface area (Å²) in [6, 6.07) is 6.58. The summed E-state index contributed by atoms with van der Waals surface area (Å²) in [5.74, 6) is 2.76. The number of likely N-dealkylation sites (tertiary alicyclic amines) is 1. The van der Waals surface area contributed by atoms with Gasteiger partial charge >= 0.3 is 0 Å². The molecule has 0 saturated carbocycles. The largest absolute Gasteiger partial charge is 0.489 e. The van der Waals surface area contributed by atoms with Gasteiger partial charge in [-0.15, -0.1) is 10.2 Å². The Labute approximate surface area is 183 Å². The predicted octanol–water partition coefficient (Wildman–Crippen LogP) is 2.25. The summed E-state index contributed by atoms with van der Waals surface area (Å²) in [6.45, 7) is 10.1. The fourth-order valence-electron chi connectivity index (χ4n) is 3.70. The lowest BCUT2D eigenvalue weighted by molar-refractivity contribution is 0.223. The minimum atomic E-state index is -0.274. The van der Waals surface area contributed by atoms with Crippen molar-refractivity contribution in [3.63, 3.8) is 0 Å². The van der Waals surface area contributed by atoms with Crippen molar-refractivity contribution in [1.82, 2.24) is 30.3 Å². The number of ether oxygens (including phenoxy) is 1. The zero-order valence-corrected chi connectivity index (χ0v) is 18.9. The molecule has 2 unspecified atom stereocenters. The van der Waals surface area contributed by atoms with Gasteiger partial charge in [0.15, 0.2) is 11.8 Å². The van der Waals surface area contributed by atoms with Crippen LogP contribution < -0.4 is 15.4 Å². The fourth-order valence-corrected chi connectivity index (χ4v) is 3.70. The van der Waals surface area contributed by atoms with Crippen molar-refractivity contribution >= 4 is 5.96 Å². The molecule has 3 rings (SSSR count). The first-order valence-corrected chi connectivity index (χ1v) is 11.0. The molecular formula is C22H34FN7O. The average molecular weight is 432 g/mol. The minimum absolute atomic E-state index is 0.117. The molecule has 31 heavy (non-hydrogen) atoms. The molecule has 2 aromatic rings. The number of hydrogen-bond acceptors (Lipinski definition) is 5. The number of aryl methyl sites for hydroxylation is 1. The third kappa shape index (κ3) is 6.65. The Morgan fingerprint density at radius 1 is 1.29 bits per heavy atom. The molecule has 0 aliphatic carbocycles. The standard InChI is InChI=1S/C22H34FN7O/c1-5-30-12-6-7-19(30)14-25-22(26-15-21-28-27-17(3)29(21)4)24-13-16(2)31-20-10-8-18(23)9-11-20/h8-11,16,19H,5-7,12-15H2,1-4H3,(H2,24,25,26). The SMILES string of the molecule is CCN1CCCC1CNC(=NCc1nnc(C)n1C)NCC(C)Oc1ccc(F)cc1. The van der Waals surface area contributed by atoms with E-state index in [2.05, 4.69) is 32.7 Å². The molecule has 1 aliphatic rings. The van der Waals surface area contributed by atoms with E-state index in [1.54, 1.807) is 12.1 Å². The molecule has 2 heterocycles. The lowest BCUT2D eigenvalue weighted by Gasteiger charge is -2.24. The van der Waals surface area contributed by atoms with E-state index in [1.807, 2.05) is 25.5 Å². The quantitative estimate of drug-likeness (QED) is 0.468. The lowest BCUT2D eigenvalue weighted by atomic mass is 10.2. The van der Waals surface area contributed by atoms with E-state index in [0.717, 1.165) is 37.2 Å². The third-order valence-electron chi connectivity index (χ3n) is 5.68. The highest BCUT2D eigenvalue weighted by molar-refractivity contribution is 5.79. The van der Waals surface area contributed by atoms with Gasteiger partial charge in [-0.25, -0.2) is 9.38 Å². The molecule has 2 atom stereocenters. The first-order valence-electron chi connectivity index (χ1n) is 11.0. The summed E-state index contributed by atoms with van der Waals surface area (Å²) in [5.41, 5.74) is 0. The van der Waals surface area contributed by atoms with Crippen molar-refractivity contribution in [3.8, 4) is 5.75 Å². The Kier molecular flexibility index (Phi) is 8.22. The van der Waals surface area contributed by atoms with E-state index in [9.17, 15) is 4.39 Å². The average Bonchev–Trinajstić information content (AvgIpc) is 3.35. The molecule has 8 nitrogen and oxygen atoms in total. The van der Waals surface area contributed by atoms with Crippen molar-refractivity contribution < 1.29 is 9.13 Å². The van der Waals surface area contributed by atoms with Gasteiger partial charge in [-0.05, 0) is 64.0 Å². The summed E-state index contributed by atoms with van der Waals surface area (Å²) >= 11 is 0. The van der Waals surface area contributed by atoms with Gasteiger partial charge in [0.1, 0.15) is 30.0 Å². The van der Waals surface area contributed by atoms with Gasteiger partial charge in [-0.2, -0.15) is 0 Å². The predicted molar refractivity (Wildman–Crippen MR) is 120 cm³/mol. The number of nitrogens with zero attached hydrogens (tertiary/aromatic N) is 5. The van der Waals surface area contributed by atoms with E-state index in [1.165, 1.54) is 25.0 Å². The van der Waals surface area contributed by atoms with E-state index in [-0.39, 0.29) is 11.9 Å². The molecule has 1 aliphatic heterocycles. The maximum absolute atomic E-state index is 13.1.